The molecule has 0 saturated heterocycles. The molecule has 1 heterocycles. The van der Waals surface area contributed by atoms with Crippen LogP contribution in [-0.2, 0) is 4.79 Å². The van der Waals surface area contributed by atoms with Crippen molar-refractivity contribution in [1.29, 1.82) is 0 Å². The van der Waals surface area contributed by atoms with E-state index >= 15 is 0 Å². The lowest BCUT2D eigenvalue weighted by Crippen LogP contribution is -2.46. The highest BCUT2D eigenvalue weighted by atomic mass is 16.5. The molecule has 2 rings (SSSR count). The van der Waals surface area contributed by atoms with Crippen molar-refractivity contribution in [2.75, 3.05) is 45.7 Å². The van der Waals surface area contributed by atoms with E-state index < -0.39 is 0 Å². The molecule has 1 unspecified atom stereocenters. The number of fused-ring (bicyclic) bond motifs is 1. The minimum Gasteiger partial charge on any atom is -0.489 e. The van der Waals surface area contributed by atoms with Gasteiger partial charge in [0.1, 0.15) is 12.4 Å². The van der Waals surface area contributed by atoms with Gasteiger partial charge in [-0.25, -0.2) is 0 Å². The Morgan fingerprint density at radius 3 is 2.48 bits per heavy atom. The van der Waals surface area contributed by atoms with Crippen molar-refractivity contribution in [2.45, 2.75) is 40.2 Å². The summed E-state index contributed by atoms with van der Waals surface area (Å²) in [6, 6.07) is 5.41. The second-order valence-corrected chi connectivity index (χ2v) is 8.63. The number of carbonyl (C=O) groups excluding carboxylic acids is 2. The molecule has 0 radical (unpaired) electrons. The fourth-order valence-electron chi connectivity index (χ4n) is 3.28. The molecule has 0 saturated carbocycles. The van der Waals surface area contributed by atoms with Crippen LogP contribution < -0.4 is 9.64 Å². The first-order valence-corrected chi connectivity index (χ1v) is 9.52. The average Bonchev–Trinajstić information content (AvgIpc) is 2.60. The molecule has 6 heteroatoms. The van der Waals surface area contributed by atoms with E-state index in [4.69, 9.17) is 4.74 Å². The summed E-state index contributed by atoms with van der Waals surface area (Å²) in [5, 5.41) is 0. The zero-order valence-corrected chi connectivity index (χ0v) is 17.7. The van der Waals surface area contributed by atoms with Crippen molar-refractivity contribution in [1.82, 2.24) is 9.80 Å². The summed E-state index contributed by atoms with van der Waals surface area (Å²) in [4.78, 5) is 30.6. The summed E-state index contributed by atoms with van der Waals surface area (Å²) in [6.07, 6.45) is 0.395. The van der Waals surface area contributed by atoms with Crippen LogP contribution in [-0.4, -0.2) is 68.5 Å². The van der Waals surface area contributed by atoms with Gasteiger partial charge in [-0.2, -0.15) is 0 Å². The number of hydrogen-bond acceptors (Lipinski definition) is 4. The molecule has 1 aromatic rings. The number of benzene rings is 1. The number of likely N-dealkylation sites (N-methyl/N-ethyl adjacent to an activating group) is 1. The average molecular weight is 376 g/mol. The zero-order valence-electron chi connectivity index (χ0n) is 17.7. The molecular formula is C21H33N3O3. The Labute approximate surface area is 163 Å². The fourth-order valence-corrected chi connectivity index (χ4v) is 3.28. The van der Waals surface area contributed by atoms with Crippen LogP contribution >= 0.6 is 0 Å². The molecule has 0 spiro atoms. The molecule has 27 heavy (non-hydrogen) atoms. The van der Waals surface area contributed by atoms with E-state index in [1.807, 2.05) is 31.0 Å². The lowest BCUT2D eigenvalue weighted by molar-refractivity contribution is -0.132. The highest BCUT2D eigenvalue weighted by Crippen LogP contribution is 2.35. The summed E-state index contributed by atoms with van der Waals surface area (Å²) in [5.74, 6) is 0.835. The zero-order chi connectivity index (χ0) is 20.4. The second kappa shape index (κ2) is 8.19. The van der Waals surface area contributed by atoms with Crippen LogP contribution in [0.15, 0.2) is 18.2 Å². The molecule has 0 bridgehead atoms. The summed E-state index contributed by atoms with van der Waals surface area (Å²) in [6.45, 7) is 10.3. The smallest absolute Gasteiger partial charge is 0.253 e. The molecule has 1 atom stereocenters. The van der Waals surface area contributed by atoms with Crippen LogP contribution in [0.1, 0.15) is 44.5 Å². The number of nitrogens with zero attached hydrogens (tertiary/aromatic N) is 3. The monoisotopic (exact) mass is 375 g/mol. The molecule has 0 aromatic heterocycles. The SMILES string of the molecule is CCN(CC(C)(C)C)C(=O)CC1COc2ccc(C(=O)N(C)C)cc2N1C. The molecule has 2 amide bonds. The standard InChI is InChI=1S/C21H33N3O3/c1-8-24(14-21(2,3)4)19(25)12-16-13-27-18-10-9-15(20(26)22(5)6)11-17(18)23(16)7/h9-11,16H,8,12-14H2,1-7H3. The number of carbonyl (C=O) groups is 2. The largest absolute Gasteiger partial charge is 0.489 e. The van der Waals surface area contributed by atoms with E-state index in [1.54, 1.807) is 25.1 Å². The van der Waals surface area contributed by atoms with Gasteiger partial charge in [-0.15, -0.1) is 0 Å². The van der Waals surface area contributed by atoms with Crippen LogP contribution in [0.3, 0.4) is 0 Å². The molecule has 0 fully saturated rings. The van der Waals surface area contributed by atoms with Crippen molar-refractivity contribution < 1.29 is 14.3 Å². The Morgan fingerprint density at radius 2 is 1.93 bits per heavy atom. The molecule has 0 N–H and O–H groups in total. The topological polar surface area (TPSA) is 53.1 Å². The van der Waals surface area contributed by atoms with Gasteiger partial charge in [-0.1, -0.05) is 20.8 Å². The maximum Gasteiger partial charge on any atom is 0.253 e. The lowest BCUT2D eigenvalue weighted by atomic mass is 9.95. The van der Waals surface area contributed by atoms with Gasteiger partial charge in [-0.3, -0.25) is 9.59 Å². The minimum absolute atomic E-state index is 0.0493. The Bertz CT molecular complexity index is 694. The summed E-state index contributed by atoms with van der Waals surface area (Å²) in [7, 11) is 5.43. The van der Waals surface area contributed by atoms with Gasteiger partial charge in [0.2, 0.25) is 5.91 Å². The van der Waals surface area contributed by atoms with E-state index in [9.17, 15) is 9.59 Å². The molecule has 0 aliphatic carbocycles. The van der Waals surface area contributed by atoms with Gasteiger partial charge >= 0.3 is 0 Å². The molecule has 1 aromatic carbocycles. The number of hydrogen-bond donors (Lipinski definition) is 0. The van der Waals surface area contributed by atoms with Crippen molar-refractivity contribution in [2.24, 2.45) is 5.41 Å². The molecular weight excluding hydrogens is 342 g/mol. The first-order valence-electron chi connectivity index (χ1n) is 9.52. The van der Waals surface area contributed by atoms with Gasteiger partial charge in [0, 0.05) is 39.8 Å². The third-order valence-corrected chi connectivity index (χ3v) is 4.78. The Kier molecular flexibility index (Phi) is 6.39. The van der Waals surface area contributed by atoms with E-state index in [-0.39, 0.29) is 23.3 Å². The van der Waals surface area contributed by atoms with Crippen LogP contribution in [0.2, 0.25) is 0 Å². The third-order valence-electron chi connectivity index (χ3n) is 4.78. The Balaban J connectivity index is 2.15. The Hall–Kier alpha value is -2.24. The van der Waals surface area contributed by atoms with Crippen molar-refractivity contribution in [3.05, 3.63) is 23.8 Å². The van der Waals surface area contributed by atoms with Crippen LogP contribution in [0.25, 0.3) is 0 Å². The molecule has 150 valence electrons. The van der Waals surface area contributed by atoms with Crippen LogP contribution in [0, 0.1) is 5.41 Å². The number of amides is 2. The fraction of sp³-hybridized carbons (Fsp3) is 0.619. The third kappa shape index (κ3) is 5.15. The molecule has 6 nitrogen and oxygen atoms in total. The lowest BCUT2D eigenvalue weighted by Gasteiger charge is -2.37. The molecule has 1 aliphatic rings. The number of anilines is 1. The van der Waals surface area contributed by atoms with Crippen molar-refractivity contribution in [3.63, 3.8) is 0 Å². The first-order chi connectivity index (χ1) is 12.5. The van der Waals surface area contributed by atoms with E-state index in [0.29, 0.717) is 25.1 Å². The number of ether oxygens (including phenoxy) is 1. The quantitative estimate of drug-likeness (QED) is 0.794. The van der Waals surface area contributed by atoms with Crippen LogP contribution in [0.4, 0.5) is 5.69 Å². The first kappa shape index (κ1) is 21.1. The van der Waals surface area contributed by atoms with Gasteiger partial charge < -0.3 is 19.4 Å². The van der Waals surface area contributed by atoms with Gasteiger partial charge in [0.05, 0.1) is 18.2 Å². The van der Waals surface area contributed by atoms with E-state index in [2.05, 4.69) is 25.7 Å². The Morgan fingerprint density at radius 1 is 1.26 bits per heavy atom. The predicted molar refractivity (Wildman–Crippen MR) is 108 cm³/mol. The number of rotatable bonds is 5. The van der Waals surface area contributed by atoms with Crippen molar-refractivity contribution >= 4 is 17.5 Å². The normalized spacial score (nSPS) is 16.4. The maximum atomic E-state index is 12.8. The van der Waals surface area contributed by atoms with Crippen molar-refractivity contribution in [3.8, 4) is 5.75 Å². The van der Waals surface area contributed by atoms with E-state index in [1.165, 1.54) is 0 Å². The van der Waals surface area contributed by atoms with Crippen LogP contribution in [0.5, 0.6) is 5.75 Å². The summed E-state index contributed by atoms with van der Waals surface area (Å²) < 4.78 is 5.88. The van der Waals surface area contributed by atoms with E-state index in [0.717, 1.165) is 18.0 Å². The second-order valence-electron chi connectivity index (χ2n) is 8.63. The highest BCUT2D eigenvalue weighted by molar-refractivity contribution is 5.95. The highest BCUT2D eigenvalue weighted by Gasteiger charge is 2.30. The molecule has 1 aliphatic heterocycles. The maximum absolute atomic E-state index is 12.8. The predicted octanol–water partition coefficient (Wildman–Crippen LogP) is 2.87. The summed E-state index contributed by atoms with van der Waals surface area (Å²) in [5.41, 5.74) is 1.53. The van der Waals surface area contributed by atoms with Gasteiger partial charge in [0.15, 0.2) is 0 Å². The van der Waals surface area contributed by atoms with Gasteiger partial charge in [0.25, 0.3) is 5.91 Å². The summed E-state index contributed by atoms with van der Waals surface area (Å²) >= 11 is 0. The minimum atomic E-state index is -0.0521. The van der Waals surface area contributed by atoms with Gasteiger partial charge in [-0.05, 0) is 30.5 Å².